The molecule has 0 spiro atoms. The Labute approximate surface area is 204 Å². The van der Waals surface area contributed by atoms with Gasteiger partial charge in [0.1, 0.15) is 0 Å². The number of sulfonamides is 1. The SMILES string of the molecule is CC(=O)c1ccc(S(=O)(=O)NCc2ccc(C(=O)Nc3ccccc3N3CCCC3=O)cc2)cc1. The number of carbonyl (C=O) groups is 3. The fourth-order valence-electron chi connectivity index (χ4n) is 3.82. The van der Waals surface area contributed by atoms with Gasteiger partial charge in [0, 0.05) is 30.6 Å². The minimum absolute atomic E-state index is 0.0355. The molecule has 2 amide bonds. The smallest absolute Gasteiger partial charge is 0.255 e. The first-order valence-corrected chi connectivity index (χ1v) is 12.6. The Kier molecular flexibility index (Phi) is 7.09. The van der Waals surface area contributed by atoms with Crippen molar-refractivity contribution in [1.29, 1.82) is 0 Å². The summed E-state index contributed by atoms with van der Waals surface area (Å²) in [6.45, 7) is 2.08. The summed E-state index contributed by atoms with van der Waals surface area (Å²) in [5, 5.41) is 2.87. The highest BCUT2D eigenvalue weighted by Crippen LogP contribution is 2.29. The van der Waals surface area contributed by atoms with Crippen LogP contribution in [-0.2, 0) is 21.4 Å². The fourth-order valence-corrected chi connectivity index (χ4v) is 4.83. The molecule has 0 unspecified atom stereocenters. The highest BCUT2D eigenvalue weighted by atomic mass is 32.2. The molecule has 1 aliphatic heterocycles. The third-order valence-electron chi connectivity index (χ3n) is 5.77. The van der Waals surface area contributed by atoms with Gasteiger partial charge in [0.25, 0.3) is 5.91 Å². The molecule has 9 heteroatoms. The first-order chi connectivity index (χ1) is 16.7. The molecule has 180 valence electrons. The van der Waals surface area contributed by atoms with Gasteiger partial charge in [-0.25, -0.2) is 13.1 Å². The third-order valence-corrected chi connectivity index (χ3v) is 7.19. The average Bonchev–Trinajstić information content (AvgIpc) is 3.29. The zero-order chi connectivity index (χ0) is 25.0. The number of ketones is 1. The van der Waals surface area contributed by atoms with E-state index in [-0.39, 0.29) is 29.0 Å². The number of carbonyl (C=O) groups excluding carboxylic acids is 3. The number of Topliss-reactive ketones (excluding diaryl/α,β-unsaturated/α-hetero) is 1. The lowest BCUT2D eigenvalue weighted by Crippen LogP contribution is -2.25. The van der Waals surface area contributed by atoms with Crippen molar-refractivity contribution in [3.63, 3.8) is 0 Å². The third kappa shape index (κ3) is 5.64. The number of amides is 2. The van der Waals surface area contributed by atoms with Crippen molar-refractivity contribution in [2.75, 3.05) is 16.8 Å². The Morgan fingerprint density at radius 3 is 2.20 bits per heavy atom. The molecule has 0 aliphatic carbocycles. The lowest BCUT2D eigenvalue weighted by Gasteiger charge is -2.20. The molecule has 0 aromatic heterocycles. The van der Waals surface area contributed by atoms with Gasteiger partial charge in [-0.05, 0) is 55.3 Å². The van der Waals surface area contributed by atoms with Crippen LogP contribution < -0.4 is 14.9 Å². The molecule has 4 rings (SSSR count). The summed E-state index contributed by atoms with van der Waals surface area (Å²) in [5.74, 6) is -0.436. The van der Waals surface area contributed by atoms with E-state index in [2.05, 4.69) is 10.0 Å². The van der Waals surface area contributed by atoms with E-state index in [1.807, 2.05) is 12.1 Å². The van der Waals surface area contributed by atoms with Crippen LogP contribution in [0.2, 0.25) is 0 Å². The number of para-hydroxylation sites is 2. The summed E-state index contributed by atoms with van der Waals surface area (Å²) in [5.41, 5.74) is 2.74. The van der Waals surface area contributed by atoms with E-state index in [9.17, 15) is 22.8 Å². The molecular weight excluding hydrogens is 466 g/mol. The molecule has 1 heterocycles. The van der Waals surface area contributed by atoms with E-state index in [1.54, 1.807) is 41.3 Å². The zero-order valence-electron chi connectivity index (χ0n) is 19.2. The van der Waals surface area contributed by atoms with E-state index in [0.717, 1.165) is 6.42 Å². The molecule has 2 N–H and O–H groups in total. The predicted octanol–water partition coefficient (Wildman–Crippen LogP) is 3.75. The number of anilines is 2. The number of nitrogens with one attached hydrogen (secondary N) is 2. The molecule has 0 bridgehead atoms. The topological polar surface area (TPSA) is 113 Å². The van der Waals surface area contributed by atoms with Crippen molar-refractivity contribution in [3.8, 4) is 0 Å². The molecule has 8 nitrogen and oxygen atoms in total. The molecule has 0 saturated carbocycles. The number of hydrogen-bond donors (Lipinski definition) is 2. The number of nitrogens with zero attached hydrogens (tertiary/aromatic N) is 1. The highest BCUT2D eigenvalue weighted by molar-refractivity contribution is 7.89. The van der Waals surface area contributed by atoms with Crippen molar-refractivity contribution in [3.05, 3.63) is 89.5 Å². The maximum atomic E-state index is 12.8. The Morgan fingerprint density at radius 2 is 1.57 bits per heavy atom. The minimum Gasteiger partial charge on any atom is -0.320 e. The van der Waals surface area contributed by atoms with Gasteiger partial charge >= 0.3 is 0 Å². The second kappa shape index (κ2) is 10.2. The molecule has 3 aromatic rings. The van der Waals surface area contributed by atoms with Gasteiger partial charge in [0.05, 0.1) is 16.3 Å². The van der Waals surface area contributed by atoms with Crippen molar-refractivity contribution >= 4 is 39.0 Å². The number of hydrogen-bond acceptors (Lipinski definition) is 5. The standard InChI is InChI=1S/C26H25N3O5S/c1-18(30)20-12-14-22(15-13-20)35(33,34)27-17-19-8-10-21(11-9-19)26(32)28-23-5-2-3-6-24(23)29-16-4-7-25(29)31/h2-3,5-6,8-15,27H,4,7,16-17H2,1H3,(H,28,32). The van der Waals surface area contributed by atoms with Gasteiger partial charge in [0.15, 0.2) is 5.78 Å². The van der Waals surface area contributed by atoms with Crippen molar-refractivity contribution in [1.82, 2.24) is 4.72 Å². The second-order valence-electron chi connectivity index (χ2n) is 8.22. The predicted molar refractivity (Wildman–Crippen MR) is 133 cm³/mol. The Balaban J connectivity index is 1.40. The van der Waals surface area contributed by atoms with Crippen molar-refractivity contribution < 1.29 is 22.8 Å². The van der Waals surface area contributed by atoms with Gasteiger partial charge in [-0.3, -0.25) is 14.4 Å². The largest absolute Gasteiger partial charge is 0.320 e. The van der Waals surface area contributed by atoms with Crippen LogP contribution in [-0.4, -0.2) is 32.6 Å². The lowest BCUT2D eigenvalue weighted by atomic mass is 10.1. The summed E-state index contributed by atoms with van der Waals surface area (Å²) in [4.78, 5) is 38.1. The van der Waals surface area contributed by atoms with Crippen LogP contribution in [0.3, 0.4) is 0 Å². The van der Waals surface area contributed by atoms with Gasteiger partial charge in [-0.2, -0.15) is 0 Å². The van der Waals surface area contributed by atoms with Gasteiger partial charge < -0.3 is 10.2 Å². The number of benzene rings is 3. The molecular formula is C26H25N3O5S. The molecule has 1 aliphatic rings. The maximum Gasteiger partial charge on any atom is 0.255 e. The average molecular weight is 492 g/mol. The minimum atomic E-state index is -3.76. The van der Waals surface area contributed by atoms with E-state index >= 15 is 0 Å². The van der Waals surface area contributed by atoms with Gasteiger partial charge in [-0.15, -0.1) is 0 Å². The summed E-state index contributed by atoms with van der Waals surface area (Å²) >= 11 is 0. The van der Waals surface area contributed by atoms with E-state index < -0.39 is 10.0 Å². The summed E-state index contributed by atoms with van der Waals surface area (Å²) < 4.78 is 27.6. The van der Waals surface area contributed by atoms with E-state index in [4.69, 9.17) is 0 Å². The lowest BCUT2D eigenvalue weighted by molar-refractivity contribution is -0.117. The van der Waals surface area contributed by atoms with Crippen LogP contribution in [0.15, 0.2) is 77.7 Å². The first kappa shape index (κ1) is 24.3. The second-order valence-corrected chi connectivity index (χ2v) is 9.99. The summed E-state index contributed by atoms with van der Waals surface area (Å²) in [7, 11) is -3.76. The Hall–Kier alpha value is -3.82. The summed E-state index contributed by atoms with van der Waals surface area (Å²) in [6, 6.07) is 19.5. The number of rotatable bonds is 8. The van der Waals surface area contributed by atoms with Crippen molar-refractivity contribution in [2.45, 2.75) is 31.2 Å². The molecule has 0 atom stereocenters. The quantitative estimate of drug-likeness (QED) is 0.466. The summed E-state index contributed by atoms with van der Waals surface area (Å²) in [6.07, 6.45) is 1.28. The Bertz CT molecular complexity index is 1370. The van der Waals surface area contributed by atoms with Crippen LogP contribution in [0.1, 0.15) is 46.0 Å². The van der Waals surface area contributed by atoms with Gasteiger partial charge in [-0.1, -0.05) is 36.4 Å². The molecule has 35 heavy (non-hydrogen) atoms. The van der Waals surface area contributed by atoms with E-state index in [1.165, 1.54) is 31.2 Å². The van der Waals surface area contributed by atoms with Crippen LogP contribution in [0.25, 0.3) is 0 Å². The first-order valence-electron chi connectivity index (χ1n) is 11.1. The van der Waals surface area contributed by atoms with E-state index in [0.29, 0.717) is 41.0 Å². The monoisotopic (exact) mass is 491 g/mol. The highest BCUT2D eigenvalue weighted by Gasteiger charge is 2.24. The zero-order valence-corrected chi connectivity index (χ0v) is 20.0. The van der Waals surface area contributed by atoms with Crippen LogP contribution in [0.5, 0.6) is 0 Å². The van der Waals surface area contributed by atoms with Crippen LogP contribution >= 0.6 is 0 Å². The molecule has 1 saturated heterocycles. The Morgan fingerprint density at radius 1 is 0.914 bits per heavy atom. The molecule has 0 radical (unpaired) electrons. The van der Waals surface area contributed by atoms with Crippen LogP contribution in [0.4, 0.5) is 11.4 Å². The fraction of sp³-hybridized carbons (Fsp3) is 0.192. The molecule has 3 aromatic carbocycles. The molecule has 1 fully saturated rings. The van der Waals surface area contributed by atoms with Crippen molar-refractivity contribution in [2.24, 2.45) is 0 Å². The van der Waals surface area contributed by atoms with Crippen LogP contribution in [0, 0.1) is 0 Å². The maximum absolute atomic E-state index is 12.8. The van der Waals surface area contributed by atoms with Gasteiger partial charge in [0.2, 0.25) is 15.9 Å². The normalized spacial score (nSPS) is 13.6.